The summed E-state index contributed by atoms with van der Waals surface area (Å²) in [6, 6.07) is 128. The Labute approximate surface area is 587 Å². The normalized spacial score (nSPS) is 11.7. The number of nitrogens with zero attached hydrogens (tertiary/aromatic N) is 8. The largest absolute Gasteiger partial charge is 0.307 e. The average Bonchev–Trinajstić information content (AvgIpc) is 1.45. The molecule has 5 heterocycles. The smallest absolute Gasteiger partial charge is 0.168 e. The molecule has 0 aliphatic heterocycles. The Morgan fingerprint density at radius 2 is 0.441 bits per heavy atom. The number of para-hydroxylation sites is 4. The Balaban J connectivity index is 1.08. The third kappa shape index (κ3) is 9.19. The molecular formula is C94H58N8. The van der Waals surface area contributed by atoms with Gasteiger partial charge in [-0.3, -0.25) is 0 Å². The number of aromatic nitrogens is 7. The zero-order chi connectivity index (χ0) is 67.4. The molecule has 0 atom stereocenters. The van der Waals surface area contributed by atoms with Gasteiger partial charge in [-0.15, -0.1) is 0 Å². The lowest BCUT2D eigenvalue weighted by Gasteiger charge is -2.29. The highest BCUT2D eigenvalue weighted by Gasteiger charge is 2.37. The number of hydrogen-bond donors (Lipinski definition) is 0. The minimum absolute atomic E-state index is 0.373. The Bertz CT molecular complexity index is 6720. The van der Waals surface area contributed by atoms with Crippen LogP contribution in [0.25, 0.3) is 189 Å². The van der Waals surface area contributed by atoms with Crippen LogP contribution >= 0.6 is 0 Å². The fraction of sp³-hybridized carbons (Fsp3) is 0. The molecule has 5 aromatic heterocycles. The summed E-state index contributed by atoms with van der Waals surface area (Å²) in [5.41, 5.74) is 21.5. The fourth-order valence-corrected chi connectivity index (χ4v) is 15.9. The van der Waals surface area contributed by atoms with E-state index in [1.54, 1.807) is 0 Å². The van der Waals surface area contributed by atoms with Crippen LogP contribution < -0.4 is 0 Å². The third-order valence-electron chi connectivity index (χ3n) is 20.4. The van der Waals surface area contributed by atoms with Gasteiger partial charge in [-0.1, -0.05) is 279 Å². The summed E-state index contributed by atoms with van der Waals surface area (Å²) in [6.07, 6.45) is 0. The van der Waals surface area contributed by atoms with Gasteiger partial charge in [-0.25, -0.2) is 15.0 Å². The Hall–Kier alpha value is -14.0. The predicted octanol–water partition coefficient (Wildman–Crippen LogP) is 23.8. The highest BCUT2D eigenvalue weighted by atomic mass is 15.1. The first-order chi connectivity index (χ1) is 50.6. The first kappa shape index (κ1) is 58.2. The monoisotopic (exact) mass is 1300 g/mol. The Morgan fingerprint density at radius 1 is 0.196 bits per heavy atom. The zero-order valence-corrected chi connectivity index (χ0v) is 55.1. The second kappa shape index (κ2) is 23.6. The molecule has 0 N–H and O–H groups in total. The van der Waals surface area contributed by atoms with Crippen LogP contribution in [0.3, 0.4) is 0 Å². The van der Waals surface area contributed by atoms with Crippen molar-refractivity contribution < 1.29 is 0 Å². The van der Waals surface area contributed by atoms with E-state index in [9.17, 15) is 5.26 Å². The van der Waals surface area contributed by atoms with Crippen molar-refractivity contribution in [3.8, 4) is 107 Å². The van der Waals surface area contributed by atoms with E-state index in [1.165, 1.54) is 0 Å². The molecule has 0 radical (unpaired) electrons. The topological polar surface area (TPSA) is 82.2 Å². The molecule has 0 unspecified atom stereocenters. The second-order valence-electron chi connectivity index (χ2n) is 26.1. The van der Waals surface area contributed by atoms with E-state index in [1.807, 2.05) is 36.4 Å². The lowest BCUT2D eigenvalue weighted by atomic mass is 9.96. The molecule has 0 fully saturated rings. The van der Waals surface area contributed by atoms with Crippen molar-refractivity contribution in [3.05, 3.63) is 357 Å². The summed E-state index contributed by atoms with van der Waals surface area (Å²) in [7, 11) is 0. The van der Waals surface area contributed by atoms with E-state index in [0.29, 0.717) is 40.0 Å². The number of hydrogen-bond acceptors (Lipinski definition) is 4. The lowest BCUT2D eigenvalue weighted by molar-refractivity contribution is 1.01. The lowest BCUT2D eigenvalue weighted by Crippen LogP contribution is -2.17. The predicted molar refractivity (Wildman–Crippen MR) is 420 cm³/mol. The SMILES string of the molecule is N#Cc1c(-n2c3ccccc3c3cc(-c4ccccc4)ccc32)c(-c2nc(-c3ccccc3)nc(-c3ccccc3)n2)c(-n2c3ccccc3c3cc(-c4ccccc4)ccc32)c(-n2c3ccccc3c3cc(-c4ccccc4)ccc32)c1-n1c2ccccc2c2cc(-c3ccccc3)ccc21. The van der Waals surface area contributed by atoms with Crippen LogP contribution in [0.1, 0.15) is 5.56 Å². The number of nitriles is 1. The third-order valence-corrected chi connectivity index (χ3v) is 20.4. The van der Waals surface area contributed by atoms with E-state index < -0.39 is 0 Å². The summed E-state index contributed by atoms with van der Waals surface area (Å²) in [5, 5.41) is 21.9. The van der Waals surface area contributed by atoms with Gasteiger partial charge in [0.2, 0.25) is 0 Å². The van der Waals surface area contributed by atoms with Crippen molar-refractivity contribution in [1.29, 1.82) is 5.26 Å². The molecule has 8 heteroatoms. The molecule has 102 heavy (non-hydrogen) atoms. The maximum atomic E-state index is 13.6. The van der Waals surface area contributed by atoms with Gasteiger partial charge in [0.25, 0.3) is 0 Å². The Morgan fingerprint density at radius 3 is 0.755 bits per heavy atom. The molecule has 474 valence electrons. The van der Waals surface area contributed by atoms with Gasteiger partial charge in [-0.05, 0) is 117 Å². The van der Waals surface area contributed by atoms with Crippen LogP contribution in [0.2, 0.25) is 0 Å². The molecule has 0 bridgehead atoms. The summed E-state index contributed by atoms with van der Waals surface area (Å²) in [4.78, 5) is 17.2. The summed E-state index contributed by atoms with van der Waals surface area (Å²) >= 11 is 0. The van der Waals surface area contributed by atoms with Crippen LogP contribution in [-0.4, -0.2) is 33.2 Å². The fourth-order valence-electron chi connectivity index (χ4n) is 15.9. The molecule has 0 saturated carbocycles. The summed E-state index contributed by atoms with van der Waals surface area (Å²) < 4.78 is 9.66. The van der Waals surface area contributed by atoms with E-state index in [4.69, 9.17) is 15.0 Å². The van der Waals surface area contributed by atoms with Crippen LogP contribution in [0.4, 0.5) is 0 Å². The van der Waals surface area contributed by atoms with Crippen LogP contribution in [0.5, 0.6) is 0 Å². The number of benzene rings is 15. The molecule has 20 aromatic rings. The molecule has 0 aliphatic rings. The molecular weight excluding hydrogens is 1240 g/mol. The molecule has 0 aliphatic carbocycles. The first-order valence-corrected chi connectivity index (χ1v) is 34.5. The molecule has 0 spiro atoms. The molecule has 0 amide bonds. The molecule has 15 aromatic carbocycles. The van der Waals surface area contributed by atoms with Gasteiger partial charge < -0.3 is 18.3 Å². The first-order valence-electron chi connectivity index (χ1n) is 34.5. The van der Waals surface area contributed by atoms with E-state index >= 15 is 0 Å². The molecule has 20 rings (SSSR count). The van der Waals surface area contributed by atoms with E-state index in [0.717, 1.165) is 154 Å². The van der Waals surface area contributed by atoms with Crippen molar-refractivity contribution in [3.63, 3.8) is 0 Å². The van der Waals surface area contributed by atoms with Crippen molar-refractivity contribution >= 4 is 87.2 Å². The van der Waals surface area contributed by atoms with Gasteiger partial charge >= 0.3 is 0 Å². The molecule has 0 saturated heterocycles. The highest BCUT2D eigenvalue weighted by Crippen LogP contribution is 2.53. The zero-order valence-electron chi connectivity index (χ0n) is 55.1. The van der Waals surface area contributed by atoms with E-state index in [2.05, 4.69) is 340 Å². The second-order valence-corrected chi connectivity index (χ2v) is 26.1. The van der Waals surface area contributed by atoms with Gasteiger partial charge in [-0.2, -0.15) is 5.26 Å². The van der Waals surface area contributed by atoms with Crippen LogP contribution in [0, 0.1) is 11.3 Å². The maximum absolute atomic E-state index is 13.6. The van der Waals surface area contributed by atoms with Gasteiger partial charge in [0.05, 0.1) is 72.4 Å². The summed E-state index contributed by atoms with van der Waals surface area (Å²) in [6.45, 7) is 0. The number of fused-ring (bicyclic) bond motifs is 12. The minimum Gasteiger partial charge on any atom is -0.307 e. The Kier molecular flexibility index (Phi) is 13.5. The van der Waals surface area contributed by atoms with Crippen molar-refractivity contribution in [2.45, 2.75) is 0 Å². The highest BCUT2D eigenvalue weighted by molar-refractivity contribution is 6.18. The van der Waals surface area contributed by atoms with Crippen LogP contribution in [-0.2, 0) is 0 Å². The number of rotatable bonds is 11. The van der Waals surface area contributed by atoms with Gasteiger partial charge in [0.1, 0.15) is 11.6 Å². The van der Waals surface area contributed by atoms with E-state index in [-0.39, 0.29) is 0 Å². The quantitative estimate of drug-likeness (QED) is 0.129. The maximum Gasteiger partial charge on any atom is 0.168 e. The molecule has 8 nitrogen and oxygen atoms in total. The minimum atomic E-state index is 0.373. The van der Waals surface area contributed by atoms with Crippen molar-refractivity contribution in [2.75, 3.05) is 0 Å². The average molecular weight is 1300 g/mol. The van der Waals surface area contributed by atoms with Gasteiger partial charge in [0.15, 0.2) is 17.5 Å². The van der Waals surface area contributed by atoms with Crippen molar-refractivity contribution in [1.82, 2.24) is 33.2 Å². The van der Waals surface area contributed by atoms with Gasteiger partial charge in [0, 0.05) is 54.2 Å². The van der Waals surface area contributed by atoms with Crippen molar-refractivity contribution in [2.24, 2.45) is 0 Å². The summed E-state index contributed by atoms with van der Waals surface area (Å²) in [5.74, 6) is 1.33. The standard InChI is InChI=1S/C94H58N8/c95-59-78-88(99-79-43-23-19-39-70(79)74-55-66(47-51-83(74)99)60-27-7-1-8-28-60)87(94-97-92(64-35-15-5-16-36-64)96-93(98-94)65-37-17-6-18-38-65)90(101-81-45-25-21-41-72(81)76-57-68(49-53-85(76)101)62-31-11-3-12-32-62)91(102-82-46-26-22-42-73(82)77-58-69(50-54-86(77)102)63-33-13-4-14-34-63)89(78)100-80-44-24-20-40-71(80)75-56-67(48-52-84(75)100)61-29-9-2-10-30-61/h1-58H. The van der Waals surface area contributed by atoms with Crippen LogP contribution in [0.15, 0.2) is 352 Å².